The maximum absolute atomic E-state index is 6.19. The third-order valence-electron chi connectivity index (χ3n) is 23.6. The van der Waals surface area contributed by atoms with Crippen molar-refractivity contribution in [1.82, 2.24) is 0 Å². The molecule has 12 aromatic carbocycles. The molecule has 4 fully saturated rings. The Morgan fingerprint density at radius 3 is 0.815 bits per heavy atom. The quantitative estimate of drug-likeness (QED) is 0.0366. The molecule has 1 aliphatic heterocycles. The van der Waals surface area contributed by atoms with Gasteiger partial charge in [0.1, 0.15) is 0 Å². The van der Waals surface area contributed by atoms with Crippen LogP contribution >= 0.6 is 27.3 Å². The van der Waals surface area contributed by atoms with Gasteiger partial charge in [-0.1, -0.05) is 297 Å². The van der Waals surface area contributed by atoms with Gasteiger partial charge in [0, 0.05) is 56.1 Å². The Kier molecular flexibility index (Phi) is 25.5. The Morgan fingerprint density at radius 2 is 0.556 bits per heavy atom. The molecule has 0 atom stereocenters. The van der Waals surface area contributed by atoms with E-state index in [2.05, 4.69) is 334 Å². The molecule has 0 bridgehead atoms. The molecule has 0 radical (unpaired) electrons. The number of nitrogens with zero attached hydrogens (tertiary/aromatic N) is 2. The summed E-state index contributed by atoms with van der Waals surface area (Å²) in [7, 11) is 12.3. The molecule has 3 saturated carbocycles. The van der Waals surface area contributed by atoms with E-state index >= 15 is 0 Å². The second kappa shape index (κ2) is 36.8. The van der Waals surface area contributed by atoms with Crippen LogP contribution in [0.5, 0.6) is 0 Å². The third kappa shape index (κ3) is 17.5. The normalized spacial score (nSPS) is 15.8. The molecule has 0 unspecified atom stereocenters. The van der Waals surface area contributed by atoms with Crippen molar-refractivity contribution in [2.75, 3.05) is 22.9 Å². The van der Waals surface area contributed by atoms with Crippen LogP contribution in [0, 0.1) is 20.5 Å². The van der Waals surface area contributed by atoms with Crippen molar-refractivity contribution in [1.29, 1.82) is 0 Å². The van der Waals surface area contributed by atoms with E-state index in [1.54, 1.807) is 96.3 Å². The van der Waals surface area contributed by atoms with Crippen LogP contribution in [0.25, 0.3) is 5.57 Å². The first-order chi connectivity index (χ1) is 53.3. The predicted octanol–water partition coefficient (Wildman–Crippen LogP) is 27.2. The summed E-state index contributed by atoms with van der Waals surface area (Å²) in [5, 5.41) is 0. The van der Waals surface area contributed by atoms with Crippen molar-refractivity contribution >= 4 is 48.4 Å². The van der Waals surface area contributed by atoms with Gasteiger partial charge in [-0.3, -0.25) is 0 Å². The standard InChI is InChI=1S/C69H59N2.C18H33P.C15H10.2ClH.Ru/c1-50-45-60(64(52-27-11-3-12-28-52)53-29-13-4-14-30-53)68(61(46-50)65(54-31-15-5-16-32-54)55-33-17-6-18-34-55)70-43-44-71(49-70)69-62(66(56-35-19-7-20-36-56)57-37-21-8-22-38-57)47-51(2)48-63(69)67(58-39-23-9-24-40-58)59-41-25-10-26-42-59;1-4-10-16(11-5-1)19(17-12-6-2-7-13-17)18-14-8-3-9-15-18;1-2-6-12(7-3-1)15-11-10-13-8-4-5-9-14(13)15;;;/h3-42,45-49,64-67H,43-44H2,1-2H3;16-18H,1-15H2;1-9,11H;2*1H;/q-1;;;;;+2/p-1. The number of benzene rings is 12. The van der Waals surface area contributed by atoms with Gasteiger partial charge in [0.2, 0.25) is 0 Å². The van der Waals surface area contributed by atoms with Crippen LogP contribution in [0.2, 0.25) is 0 Å². The summed E-state index contributed by atoms with van der Waals surface area (Å²) < 4.78 is 1.12. The molecular formula is C102H103Cl2N2PRu. The van der Waals surface area contributed by atoms with E-state index < -0.39 is 13.5 Å². The first-order valence-electron chi connectivity index (χ1n) is 40.0. The minimum absolute atomic E-state index is 0.0210. The molecule has 108 heavy (non-hydrogen) atoms. The zero-order chi connectivity index (χ0) is 73.4. The molecule has 5 aliphatic rings. The molecule has 548 valence electrons. The molecule has 6 heteroatoms. The summed E-state index contributed by atoms with van der Waals surface area (Å²) in [6.07, 6.45) is 25.9. The molecule has 1 saturated heterocycles. The van der Waals surface area contributed by atoms with Gasteiger partial charge in [-0.25, -0.2) is 0 Å². The first-order valence-corrected chi connectivity index (χ1v) is 47.1. The average Bonchev–Trinajstić information content (AvgIpc) is 1.29. The Hall–Kier alpha value is -8.52. The van der Waals surface area contributed by atoms with Crippen LogP contribution < -0.4 is 9.80 Å². The van der Waals surface area contributed by atoms with Gasteiger partial charge in [-0.2, -0.15) is 6.67 Å². The van der Waals surface area contributed by atoms with Crippen LogP contribution in [0.4, 0.5) is 11.4 Å². The Bertz CT molecular complexity index is 4250. The molecule has 0 N–H and O–H groups in total. The second-order valence-electron chi connectivity index (χ2n) is 30.6. The number of allylic oxidation sites excluding steroid dienone is 1. The molecule has 17 rings (SSSR count). The van der Waals surface area contributed by atoms with Crippen molar-refractivity contribution < 1.29 is 13.5 Å². The number of anilines is 2. The summed E-state index contributed by atoms with van der Waals surface area (Å²) in [6, 6.07) is 118. The summed E-state index contributed by atoms with van der Waals surface area (Å²) >= 11 is -1.88. The molecule has 4 aliphatic carbocycles. The van der Waals surface area contributed by atoms with Gasteiger partial charge < -0.3 is 9.80 Å². The van der Waals surface area contributed by atoms with Gasteiger partial charge in [-0.05, 0) is 158 Å². The van der Waals surface area contributed by atoms with E-state index in [1.807, 2.05) is 24.3 Å². The second-order valence-corrected chi connectivity index (χ2v) is 39.9. The zero-order valence-corrected chi connectivity index (χ0v) is 67.1. The summed E-state index contributed by atoms with van der Waals surface area (Å²) in [5.41, 5.74) is 28.9. The van der Waals surface area contributed by atoms with Crippen LogP contribution in [-0.4, -0.2) is 34.2 Å². The van der Waals surface area contributed by atoms with Crippen molar-refractivity contribution in [3.8, 4) is 0 Å². The molecule has 0 aromatic heterocycles. The number of halogens is 2. The van der Waals surface area contributed by atoms with Crippen LogP contribution in [0.15, 0.2) is 328 Å². The van der Waals surface area contributed by atoms with E-state index in [0.717, 1.165) is 17.2 Å². The first kappa shape index (κ1) is 74.9. The molecule has 12 aromatic rings. The Morgan fingerprint density at radius 1 is 0.315 bits per heavy atom. The number of aryl methyl sites for hydroxylation is 2. The van der Waals surface area contributed by atoms with Crippen LogP contribution in [0.3, 0.4) is 0 Å². The number of rotatable bonds is 18. The number of hydrogen-bond acceptors (Lipinski definition) is 2. The number of fused-ring (bicyclic) bond motifs is 1. The summed E-state index contributed by atoms with van der Waals surface area (Å²) in [5.74, 6) is -0.0842. The van der Waals surface area contributed by atoms with Gasteiger partial charge >= 0.3 is 120 Å². The van der Waals surface area contributed by atoms with Gasteiger partial charge in [-0.15, -0.1) is 0 Å². The summed E-state index contributed by atoms with van der Waals surface area (Å²) in [6.45, 7) is 8.62. The fourth-order valence-corrected chi connectivity index (χ4v) is 26.6. The Labute approximate surface area is 659 Å². The van der Waals surface area contributed by atoms with Crippen molar-refractivity contribution in [3.05, 3.63) is 429 Å². The van der Waals surface area contributed by atoms with Crippen molar-refractivity contribution in [3.63, 3.8) is 0 Å². The maximum atomic E-state index is 6.19. The molecule has 0 amide bonds. The fourth-order valence-electron chi connectivity index (χ4n) is 18.9. The molecule has 2 nitrogen and oxygen atoms in total. The third-order valence-corrected chi connectivity index (χ3v) is 31.3. The van der Waals surface area contributed by atoms with E-state index in [9.17, 15) is 0 Å². The predicted molar refractivity (Wildman–Crippen MR) is 461 cm³/mol. The van der Waals surface area contributed by atoms with Crippen LogP contribution in [0.1, 0.15) is 215 Å². The molecule has 0 spiro atoms. The van der Waals surface area contributed by atoms with Gasteiger partial charge in [0.15, 0.2) is 0 Å². The van der Waals surface area contributed by atoms with Crippen molar-refractivity contribution in [2.24, 2.45) is 0 Å². The SMILES string of the molecule is C1CCC([PH+](C2CCCCC2)C2CCCCC2)CC1.Cc1cc(C(c2ccccc2)c2ccccc2)c(N2[CH-]N(c3c(C(c4ccccc4)c4ccccc4)cc(C)cc3C(c3ccccc3)c3ccccc3)CC2)c(C(c2ccccc2)c2ccccc2)c1.[Cl][Ru]([Cl])=[C]1C=C(c2ccccc2)c2ccccc21. The summed E-state index contributed by atoms with van der Waals surface area (Å²) in [4.78, 5) is 5.21. The molecular weight excluding hydrogens is 1460 g/mol. The Balaban J connectivity index is 0.000000202. The van der Waals surface area contributed by atoms with E-state index in [4.69, 9.17) is 19.4 Å². The van der Waals surface area contributed by atoms with E-state index in [1.165, 1.54) is 129 Å². The average molecular weight is 1560 g/mol. The van der Waals surface area contributed by atoms with Gasteiger partial charge in [0.25, 0.3) is 0 Å². The fraction of sp³-hybridized carbons (Fsp3) is 0.255. The zero-order valence-electron chi connectivity index (χ0n) is 62.8. The minimum atomic E-state index is -1.88. The van der Waals surface area contributed by atoms with Crippen molar-refractivity contribution in [2.45, 2.75) is 151 Å². The van der Waals surface area contributed by atoms with Crippen LogP contribution in [-0.2, 0) is 13.5 Å². The van der Waals surface area contributed by atoms with E-state index in [-0.39, 0.29) is 31.6 Å². The molecule has 1 heterocycles. The van der Waals surface area contributed by atoms with Gasteiger partial charge in [0.05, 0.1) is 17.0 Å². The topological polar surface area (TPSA) is 6.48 Å². The number of hydrogen-bond donors (Lipinski definition) is 0. The van der Waals surface area contributed by atoms with E-state index in [0.29, 0.717) is 0 Å². The monoisotopic (exact) mass is 1560 g/mol.